The number of anilines is 1. The third-order valence-corrected chi connectivity index (χ3v) is 3.97. The third-order valence-electron chi connectivity index (χ3n) is 3.34. The van der Waals surface area contributed by atoms with Crippen LogP contribution in [0.5, 0.6) is 5.75 Å². The number of nitrogens with one attached hydrogen (secondary N) is 1. The van der Waals surface area contributed by atoms with E-state index in [2.05, 4.69) is 20.7 Å². The minimum atomic E-state index is -3.00. The molecule has 0 saturated heterocycles. The summed E-state index contributed by atoms with van der Waals surface area (Å²) in [6, 6.07) is 4.75. The van der Waals surface area contributed by atoms with Crippen LogP contribution in [-0.2, 0) is 0 Å². The average Bonchev–Trinajstić information content (AvgIpc) is 2.75. The minimum Gasteiger partial charge on any atom is -0.435 e. The molecule has 10 heteroatoms. The lowest BCUT2D eigenvalue weighted by atomic mass is 10.1. The number of fused-ring (bicyclic) bond motifs is 1. The molecule has 1 aromatic carbocycles. The molecule has 0 unspecified atom stereocenters. The first kappa shape index (κ1) is 16.1. The fourth-order valence-corrected chi connectivity index (χ4v) is 2.91. The number of pyridine rings is 1. The number of imide groups is 1. The zero-order chi connectivity index (χ0) is 17.6. The lowest BCUT2D eigenvalue weighted by Crippen LogP contribution is -2.24. The molecule has 0 spiro atoms. The molecule has 0 radical (unpaired) electrons. The van der Waals surface area contributed by atoms with E-state index in [0.29, 0.717) is 0 Å². The molecule has 1 aromatic heterocycles. The highest BCUT2D eigenvalue weighted by Crippen LogP contribution is 2.30. The molecule has 0 aliphatic carbocycles. The number of carbonyl (C=O) groups is 2. The first-order valence-corrected chi connectivity index (χ1v) is 7.25. The highest BCUT2D eigenvalue weighted by atomic mass is 79.9. The summed E-state index contributed by atoms with van der Waals surface area (Å²) < 4.78 is 30.0. The van der Waals surface area contributed by atoms with Gasteiger partial charge >= 0.3 is 6.61 Å². The van der Waals surface area contributed by atoms with Crippen molar-refractivity contribution in [2.75, 3.05) is 5.73 Å². The van der Waals surface area contributed by atoms with Crippen LogP contribution in [0.15, 0.2) is 33.5 Å². The number of nitrogen functional groups attached to an aromatic ring is 1. The van der Waals surface area contributed by atoms with E-state index in [1.807, 2.05) is 5.32 Å². The number of halogens is 3. The number of carbonyl (C=O) groups excluding carboxylic acids is 2. The molecule has 3 rings (SSSR count). The van der Waals surface area contributed by atoms with E-state index in [1.165, 1.54) is 18.2 Å². The summed E-state index contributed by atoms with van der Waals surface area (Å²) in [6.45, 7) is -3.00. The third kappa shape index (κ3) is 2.54. The number of nitrogens with zero attached hydrogens (tertiary/aromatic N) is 1. The van der Waals surface area contributed by atoms with Gasteiger partial charge < -0.3 is 10.5 Å². The molecular weight excluding hydrogens is 392 g/mol. The molecule has 0 atom stereocenters. The second-order valence-corrected chi connectivity index (χ2v) is 5.62. The van der Waals surface area contributed by atoms with Crippen molar-refractivity contribution < 1.29 is 23.1 Å². The summed E-state index contributed by atoms with van der Waals surface area (Å²) in [7, 11) is 0. The Morgan fingerprint density at radius 2 is 1.88 bits per heavy atom. The van der Waals surface area contributed by atoms with Gasteiger partial charge in [0.1, 0.15) is 11.6 Å². The van der Waals surface area contributed by atoms with E-state index >= 15 is 0 Å². The average molecular weight is 400 g/mol. The Balaban J connectivity index is 2.18. The molecule has 124 valence electrons. The second kappa shape index (κ2) is 5.71. The zero-order valence-electron chi connectivity index (χ0n) is 11.7. The summed E-state index contributed by atoms with van der Waals surface area (Å²) in [4.78, 5) is 35.7. The van der Waals surface area contributed by atoms with Crippen molar-refractivity contribution in [2.45, 2.75) is 6.61 Å². The maximum absolute atomic E-state index is 12.3. The maximum Gasteiger partial charge on any atom is 0.387 e. The van der Waals surface area contributed by atoms with Crippen molar-refractivity contribution in [1.29, 1.82) is 0 Å². The van der Waals surface area contributed by atoms with Crippen LogP contribution in [0, 0.1) is 0 Å². The SMILES string of the molecule is Nc1c2c(cc(=O)n1-c1ccc(OC(F)F)cc1Br)C(=O)NC2=O. The van der Waals surface area contributed by atoms with E-state index < -0.39 is 24.0 Å². The first-order chi connectivity index (χ1) is 11.3. The van der Waals surface area contributed by atoms with Gasteiger partial charge in [-0.05, 0) is 34.1 Å². The van der Waals surface area contributed by atoms with Crippen LogP contribution in [0.2, 0.25) is 0 Å². The number of benzene rings is 1. The number of alkyl halides is 2. The number of aromatic nitrogens is 1. The first-order valence-electron chi connectivity index (χ1n) is 6.45. The molecule has 2 heterocycles. The second-order valence-electron chi connectivity index (χ2n) is 4.77. The lowest BCUT2D eigenvalue weighted by molar-refractivity contribution is -0.0498. The van der Waals surface area contributed by atoms with Gasteiger partial charge in [-0.15, -0.1) is 0 Å². The summed E-state index contributed by atoms with van der Waals surface area (Å²) >= 11 is 3.14. The highest BCUT2D eigenvalue weighted by molar-refractivity contribution is 9.10. The van der Waals surface area contributed by atoms with Gasteiger partial charge in [-0.1, -0.05) is 0 Å². The van der Waals surface area contributed by atoms with Crippen molar-refractivity contribution in [3.8, 4) is 11.4 Å². The molecule has 24 heavy (non-hydrogen) atoms. The molecule has 7 nitrogen and oxygen atoms in total. The summed E-state index contributed by atoms with van der Waals surface area (Å²) in [5, 5.41) is 2.05. The standard InChI is InChI=1S/C14H8BrF2N3O4/c15-7-3-5(24-14(16)17)1-2-8(7)20-9(21)4-6-10(11(20)18)13(23)19-12(6)22/h1-4,14H,18H2,(H,19,22,23). The smallest absolute Gasteiger partial charge is 0.387 e. The predicted molar refractivity (Wildman–Crippen MR) is 82.6 cm³/mol. The van der Waals surface area contributed by atoms with Gasteiger partial charge in [-0.3, -0.25) is 24.3 Å². The highest BCUT2D eigenvalue weighted by Gasteiger charge is 2.32. The summed E-state index contributed by atoms with van der Waals surface area (Å²) in [6.07, 6.45) is 0. The van der Waals surface area contributed by atoms with Gasteiger partial charge in [0.05, 0.1) is 16.8 Å². The van der Waals surface area contributed by atoms with Crippen LogP contribution >= 0.6 is 15.9 Å². The van der Waals surface area contributed by atoms with Crippen molar-refractivity contribution >= 4 is 33.6 Å². The topological polar surface area (TPSA) is 103 Å². The van der Waals surface area contributed by atoms with E-state index in [1.54, 1.807) is 0 Å². The van der Waals surface area contributed by atoms with Gasteiger partial charge in [0.2, 0.25) is 0 Å². The van der Waals surface area contributed by atoms with E-state index in [0.717, 1.165) is 10.6 Å². The van der Waals surface area contributed by atoms with Crippen LogP contribution in [0.25, 0.3) is 5.69 Å². The Kier molecular flexibility index (Phi) is 3.84. The van der Waals surface area contributed by atoms with Crippen molar-refractivity contribution in [3.63, 3.8) is 0 Å². The molecule has 0 saturated carbocycles. The van der Waals surface area contributed by atoms with Crippen molar-refractivity contribution in [3.05, 3.63) is 50.2 Å². The summed E-state index contributed by atoms with van der Waals surface area (Å²) in [5.41, 5.74) is 5.22. The fraction of sp³-hybridized carbons (Fsp3) is 0.0714. The Morgan fingerprint density at radius 1 is 1.17 bits per heavy atom. The minimum absolute atomic E-state index is 0.104. The Morgan fingerprint density at radius 3 is 2.50 bits per heavy atom. The molecule has 2 aromatic rings. The zero-order valence-corrected chi connectivity index (χ0v) is 13.3. The molecule has 0 bridgehead atoms. The molecule has 0 fully saturated rings. The normalized spacial score (nSPS) is 13.2. The van der Waals surface area contributed by atoms with Crippen LogP contribution in [-0.4, -0.2) is 23.0 Å². The van der Waals surface area contributed by atoms with Crippen molar-refractivity contribution in [1.82, 2.24) is 9.88 Å². The van der Waals surface area contributed by atoms with Crippen LogP contribution in [0.3, 0.4) is 0 Å². The van der Waals surface area contributed by atoms with Crippen LogP contribution < -0.4 is 21.3 Å². The van der Waals surface area contributed by atoms with Crippen LogP contribution in [0.1, 0.15) is 20.7 Å². The molecule has 3 N–H and O–H groups in total. The molecular formula is C14H8BrF2N3O4. The Hall–Kier alpha value is -2.75. The van der Waals surface area contributed by atoms with Crippen LogP contribution in [0.4, 0.5) is 14.6 Å². The number of hydrogen-bond acceptors (Lipinski definition) is 5. The molecule has 1 aliphatic rings. The van der Waals surface area contributed by atoms with Gasteiger partial charge in [0.15, 0.2) is 0 Å². The number of hydrogen-bond donors (Lipinski definition) is 2. The summed E-state index contributed by atoms with van der Waals surface area (Å²) in [5.74, 6) is -1.77. The Labute approximate surface area is 141 Å². The lowest BCUT2D eigenvalue weighted by Gasteiger charge is -2.14. The van der Waals surface area contributed by atoms with Gasteiger partial charge in [0, 0.05) is 10.5 Å². The monoisotopic (exact) mass is 399 g/mol. The number of ether oxygens (including phenoxy) is 1. The van der Waals surface area contributed by atoms with E-state index in [4.69, 9.17) is 5.73 Å². The van der Waals surface area contributed by atoms with E-state index in [-0.39, 0.29) is 32.9 Å². The maximum atomic E-state index is 12.3. The number of amides is 2. The fourth-order valence-electron chi connectivity index (χ4n) is 2.37. The Bertz CT molecular complexity index is 942. The predicted octanol–water partition coefficient (Wildman–Crippen LogP) is 1.67. The quantitative estimate of drug-likeness (QED) is 0.764. The largest absolute Gasteiger partial charge is 0.435 e. The van der Waals surface area contributed by atoms with Crippen molar-refractivity contribution in [2.24, 2.45) is 0 Å². The number of rotatable bonds is 3. The van der Waals surface area contributed by atoms with E-state index in [9.17, 15) is 23.2 Å². The molecule has 1 aliphatic heterocycles. The van der Waals surface area contributed by atoms with Gasteiger partial charge in [-0.25, -0.2) is 0 Å². The van der Waals surface area contributed by atoms with Gasteiger partial charge in [0.25, 0.3) is 17.4 Å². The number of nitrogens with two attached hydrogens (primary N) is 1. The molecule has 2 amide bonds. The van der Waals surface area contributed by atoms with Gasteiger partial charge in [-0.2, -0.15) is 8.78 Å².